The standard InChI is InChI=1S/C32H44O6/c1-18(10-9-11-19(2)28(36)37)26-23(38-20(3)33)17-31(7)21-12-13-24-29(4,5)25(35)14-15-30(24,6)27(21)22(34)16-32(26,31)8/h11,14-15,18,23-24,26H,9-10,12-13,16-17H2,1-8H3,(H,36,37)/t18-,23+,24+,26+,30+,31+,32-/m1/s1. The number of carboxylic acid groups (broad SMARTS) is 1. The Labute approximate surface area is 227 Å². The van der Waals surface area contributed by atoms with Crippen LogP contribution in [0.2, 0.25) is 0 Å². The van der Waals surface area contributed by atoms with Gasteiger partial charge in [-0.1, -0.05) is 59.3 Å². The fraction of sp³-hybridized carbons (Fsp3) is 0.688. The van der Waals surface area contributed by atoms with Crippen LogP contribution in [0.3, 0.4) is 0 Å². The van der Waals surface area contributed by atoms with Crippen LogP contribution in [-0.2, 0) is 23.9 Å². The van der Waals surface area contributed by atoms with Gasteiger partial charge in [0.05, 0.1) is 0 Å². The Kier molecular flexibility index (Phi) is 6.98. The van der Waals surface area contributed by atoms with Gasteiger partial charge in [0.1, 0.15) is 6.10 Å². The van der Waals surface area contributed by atoms with E-state index < -0.39 is 22.2 Å². The summed E-state index contributed by atoms with van der Waals surface area (Å²) in [7, 11) is 0. The summed E-state index contributed by atoms with van der Waals surface area (Å²) in [5.74, 6) is -0.794. The number of ether oxygens (including phenoxy) is 1. The van der Waals surface area contributed by atoms with E-state index in [4.69, 9.17) is 4.74 Å². The van der Waals surface area contributed by atoms with Gasteiger partial charge in [0, 0.05) is 41.2 Å². The van der Waals surface area contributed by atoms with Gasteiger partial charge in [-0.15, -0.1) is 0 Å². The van der Waals surface area contributed by atoms with Crippen LogP contribution in [0.4, 0.5) is 0 Å². The first-order valence-electron chi connectivity index (χ1n) is 14.1. The summed E-state index contributed by atoms with van der Waals surface area (Å²) in [4.78, 5) is 50.5. The molecule has 4 aliphatic carbocycles. The molecule has 0 radical (unpaired) electrons. The molecule has 0 aliphatic heterocycles. The van der Waals surface area contributed by atoms with Crippen LogP contribution in [0.25, 0.3) is 0 Å². The number of fused-ring (bicyclic) bond motifs is 4. The van der Waals surface area contributed by atoms with Crippen LogP contribution in [0.1, 0.15) is 93.9 Å². The summed E-state index contributed by atoms with van der Waals surface area (Å²) in [5, 5.41) is 9.23. The van der Waals surface area contributed by atoms with Crippen molar-refractivity contribution in [2.75, 3.05) is 0 Å². The molecule has 38 heavy (non-hydrogen) atoms. The van der Waals surface area contributed by atoms with Crippen molar-refractivity contribution in [2.45, 2.75) is 100 Å². The first kappa shape index (κ1) is 28.5. The molecule has 0 heterocycles. The Morgan fingerprint density at radius 3 is 2.42 bits per heavy atom. The predicted octanol–water partition coefficient (Wildman–Crippen LogP) is 6.25. The first-order chi connectivity index (χ1) is 17.5. The average molecular weight is 525 g/mol. The molecular weight excluding hydrogens is 480 g/mol. The second-order valence-electron chi connectivity index (χ2n) is 13.6. The lowest BCUT2D eigenvalue weighted by molar-refractivity contribution is -0.150. The van der Waals surface area contributed by atoms with E-state index in [1.807, 2.05) is 19.9 Å². The van der Waals surface area contributed by atoms with Crippen LogP contribution in [-0.4, -0.2) is 34.7 Å². The zero-order valence-corrected chi connectivity index (χ0v) is 24.3. The molecule has 0 aromatic carbocycles. The van der Waals surface area contributed by atoms with Crippen molar-refractivity contribution in [1.29, 1.82) is 0 Å². The van der Waals surface area contributed by atoms with Gasteiger partial charge in [0.25, 0.3) is 0 Å². The molecule has 1 fully saturated rings. The zero-order chi connectivity index (χ0) is 28.4. The van der Waals surface area contributed by atoms with Crippen LogP contribution in [0.15, 0.2) is 34.9 Å². The minimum absolute atomic E-state index is 0.0293. The van der Waals surface area contributed by atoms with E-state index in [0.717, 1.165) is 24.8 Å². The summed E-state index contributed by atoms with van der Waals surface area (Å²) in [5.41, 5.74) is 0.658. The molecule has 6 nitrogen and oxygen atoms in total. The van der Waals surface area contributed by atoms with Crippen molar-refractivity contribution in [3.05, 3.63) is 34.9 Å². The molecular formula is C32H44O6. The van der Waals surface area contributed by atoms with Crippen molar-refractivity contribution in [2.24, 2.45) is 39.4 Å². The molecule has 7 atom stereocenters. The monoisotopic (exact) mass is 524 g/mol. The number of allylic oxidation sites excluding steroid dienone is 5. The third-order valence-electron chi connectivity index (χ3n) is 11.2. The maximum absolute atomic E-state index is 14.2. The molecule has 0 aromatic heterocycles. The molecule has 0 bridgehead atoms. The first-order valence-corrected chi connectivity index (χ1v) is 14.1. The van der Waals surface area contributed by atoms with Gasteiger partial charge in [-0.3, -0.25) is 14.4 Å². The van der Waals surface area contributed by atoms with E-state index in [-0.39, 0.29) is 46.8 Å². The smallest absolute Gasteiger partial charge is 0.330 e. The highest BCUT2D eigenvalue weighted by Crippen LogP contribution is 2.71. The predicted molar refractivity (Wildman–Crippen MR) is 145 cm³/mol. The highest BCUT2D eigenvalue weighted by molar-refractivity contribution is 6.02. The Bertz CT molecular complexity index is 1170. The maximum Gasteiger partial charge on any atom is 0.330 e. The number of esters is 1. The molecule has 0 amide bonds. The van der Waals surface area contributed by atoms with Crippen molar-refractivity contribution < 1.29 is 29.0 Å². The Morgan fingerprint density at radius 2 is 1.82 bits per heavy atom. The van der Waals surface area contributed by atoms with E-state index in [1.165, 1.54) is 12.5 Å². The highest BCUT2D eigenvalue weighted by atomic mass is 16.5. The number of ketones is 2. The van der Waals surface area contributed by atoms with Crippen molar-refractivity contribution >= 4 is 23.5 Å². The Morgan fingerprint density at radius 1 is 1.16 bits per heavy atom. The minimum Gasteiger partial charge on any atom is -0.478 e. The van der Waals surface area contributed by atoms with Gasteiger partial charge in [0.15, 0.2) is 11.6 Å². The molecule has 6 heteroatoms. The van der Waals surface area contributed by atoms with Crippen molar-refractivity contribution in [3.8, 4) is 0 Å². The van der Waals surface area contributed by atoms with Crippen LogP contribution < -0.4 is 0 Å². The van der Waals surface area contributed by atoms with Gasteiger partial charge in [0.2, 0.25) is 0 Å². The molecule has 0 aromatic rings. The third kappa shape index (κ3) is 4.05. The van der Waals surface area contributed by atoms with E-state index in [2.05, 4.69) is 27.7 Å². The van der Waals surface area contributed by atoms with E-state index in [9.17, 15) is 24.3 Å². The van der Waals surface area contributed by atoms with Crippen LogP contribution in [0.5, 0.6) is 0 Å². The molecule has 208 valence electrons. The molecule has 4 aliphatic rings. The van der Waals surface area contributed by atoms with Gasteiger partial charge in [-0.25, -0.2) is 4.79 Å². The summed E-state index contributed by atoms with van der Waals surface area (Å²) >= 11 is 0. The van der Waals surface area contributed by atoms with Gasteiger partial charge < -0.3 is 9.84 Å². The lowest BCUT2D eigenvalue weighted by atomic mass is 9.44. The van der Waals surface area contributed by atoms with E-state index in [1.54, 1.807) is 19.1 Å². The largest absolute Gasteiger partial charge is 0.478 e. The minimum atomic E-state index is -0.918. The normalized spacial score (nSPS) is 38.8. The maximum atomic E-state index is 14.2. The summed E-state index contributed by atoms with van der Waals surface area (Å²) in [6.07, 6.45) is 9.13. The Hall–Kier alpha value is -2.50. The fourth-order valence-corrected chi connectivity index (χ4v) is 9.07. The molecule has 0 saturated heterocycles. The number of carbonyl (C=O) groups is 4. The molecule has 4 rings (SSSR count). The number of carboxylic acids is 1. The van der Waals surface area contributed by atoms with Gasteiger partial charge >= 0.3 is 11.9 Å². The SMILES string of the molecule is CC(=O)O[C@H]1C[C@@]2(C)C3=C(C(=O)C[C@]2(C)[C@H]1[C@H](C)CCC=C(C)C(=O)O)[C@@]1(C)C=CC(=O)C(C)(C)[C@@H]1CC3. The fourth-order valence-electron chi connectivity index (χ4n) is 9.07. The van der Waals surface area contributed by atoms with Crippen molar-refractivity contribution in [3.63, 3.8) is 0 Å². The van der Waals surface area contributed by atoms with E-state index >= 15 is 0 Å². The number of hydrogen-bond donors (Lipinski definition) is 1. The summed E-state index contributed by atoms with van der Waals surface area (Å²) in [6, 6.07) is 0. The van der Waals surface area contributed by atoms with Gasteiger partial charge in [-0.05, 0) is 67.8 Å². The summed E-state index contributed by atoms with van der Waals surface area (Å²) < 4.78 is 5.99. The number of hydrogen-bond acceptors (Lipinski definition) is 5. The molecule has 1 saturated carbocycles. The average Bonchev–Trinajstić information content (AvgIpc) is 3.01. The molecule has 0 spiro atoms. The van der Waals surface area contributed by atoms with E-state index in [0.29, 0.717) is 24.8 Å². The number of rotatable bonds is 6. The number of Topliss-reactive ketones (excluding diaryl/α,β-unsaturated/α-hetero) is 1. The topological polar surface area (TPSA) is 97.7 Å². The molecule has 1 N–H and O–H groups in total. The second kappa shape index (κ2) is 9.31. The lowest BCUT2D eigenvalue weighted by Crippen LogP contribution is -2.54. The van der Waals surface area contributed by atoms with Crippen molar-refractivity contribution in [1.82, 2.24) is 0 Å². The van der Waals surface area contributed by atoms with Gasteiger partial charge in [-0.2, -0.15) is 0 Å². The molecule has 0 unspecified atom stereocenters. The zero-order valence-electron chi connectivity index (χ0n) is 24.3. The lowest BCUT2D eigenvalue weighted by Gasteiger charge is -2.58. The highest BCUT2D eigenvalue weighted by Gasteiger charge is 2.68. The van der Waals surface area contributed by atoms with Crippen LogP contribution in [0, 0.1) is 39.4 Å². The third-order valence-corrected chi connectivity index (χ3v) is 11.2. The Balaban J connectivity index is 1.79. The number of aliphatic carboxylic acids is 1. The quantitative estimate of drug-likeness (QED) is 0.326. The summed E-state index contributed by atoms with van der Waals surface area (Å²) in [6.45, 7) is 15.8. The second-order valence-corrected chi connectivity index (χ2v) is 13.6. The van der Waals surface area contributed by atoms with Crippen LogP contribution >= 0.6 is 0 Å². The number of carbonyl (C=O) groups excluding carboxylic acids is 3.